The van der Waals surface area contributed by atoms with Gasteiger partial charge in [-0.1, -0.05) is 26.2 Å². The molecule has 1 aromatic rings. The maximum absolute atomic E-state index is 13.2. The number of nitrogens with zero attached hydrogens (tertiary/aromatic N) is 3. The van der Waals surface area contributed by atoms with Gasteiger partial charge in [-0.25, -0.2) is 0 Å². The van der Waals surface area contributed by atoms with Crippen molar-refractivity contribution in [2.45, 2.75) is 90.3 Å². The van der Waals surface area contributed by atoms with Crippen molar-refractivity contribution >= 4 is 17.5 Å². The Kier molecular flexibility index (Phi) is 10.2. The predicted molar refractivity (Wildman–Crippen MR) is 144 cm³/mol. The Labute approximate surface area is 217 Å². The fraction of sp³-hybridized carbons (Fsp3) is 0.724. The number of likely N-dealkylation sites (tertiary alicyclic amines) is 1. The summed E-state index contributed by atoms with van der Waals surface area (Å²) in [6.45, 7) is 10.9. The van der Waals surface area contributed by atoms with Crippen LogP contribution in [-0.4, -0.2) is 79.6 Å². The molecule has 2 fully saturated rings. The zero-order valence-electron chi connectivity index (χ0n) is 22.5. The monoisotopic (exact) mass is 498 g/mol. The van der Waals surface area contributed by atoms with Gasteiger partial charge in [-0.3, -0.25) is 19.4 Å². The molecule has 2 saturated heterocycles. The van der Waals surface area contributed by atoms with Crippen LogP contribution in [0.15, 0.2) is 18.2 Å². The highest BCUT2D eigenvalue weighted by Gasteiger charge is 2.26. The van der Waals surface area contributed by atoms with E-state index in [4.69, 9.17) is 4.74 Å². The van der Waals surface area contributed by atoms with Gasteiger partial charge in [0.1, 0.15) is 0 Å². The summed E-state index contributed by atoms with van der Waals surface area (Å²) in [7, 11) is 0. The number of benzene rings is 1. The second-order valence-electron chi connectivity index (χ2n) is 10.7. The first-order valence-electron chi connectivity index (χ1n) is 14.3. The molecule has 7 nitrogen and oxygen atoms in total. The summed E-state index contributed by atoms with van der Waals surface area (Å²) in [6.07, 6.45) is 10.2. The highest BCUT2D eigenvalue weighted by atomic mass is 16.5. The molecule has 0 spiro atoms. The van der Waals surface area contributed by atoms with Crippen molar-refractivity contribution in [2.24, 2.45) is 0 Å². The van der Waals surface area contributed by atoms with Crippen molar-refractivity contribution in [1.82, 2.24) is 15.1 Å². The normalized spacial score (nSPS) is 23.5. The molecule has 2 amide bonds. The molecule has 36 heavy (non-hydrogen) atoms. The van der Waals surface area contributed by atoms with Gasteiger partial charge in [-0.05, 0) is 81.9 Å². The van der Waals surface area contributed by atoms with E-state index in [2.05, 4.69) is 22.0 Å². The molecule has 0 saturated carbocycles. The smallest absolute Gasteiger partial charge is 0.251 e. The molecule has 0 aliphatic carbocycles. The van der Waals surface area contributed by atoms with Gasteiger partial charge >= 0.3 is 0 Å². The Hall–Kier alpha value is -1.96. The molecular formula is C29H46N4O3. The van der Waals surface area contributed by atoms with Gasteiger partial charge in [0.15, 0.2) is 0 Å². The summed E-state index contributed by atoms with van der Waals surface area (Å²) in [5.74, 6) is 0.0582. The Balaban J connectivity index is 1.58. The number of carbonyl (C=O) groups is 2. The lowest BCUT2D eigenvalue weighted by molar-refractivity contribution is -0.116. The van der Waals surface area contributed by atoms with Gasteiger partial charge in [-0.15, -0.1) is 0 Å². The lowest BCUT2D eigenvalue weighted by atomic mass is 10.0. The minimum atomic E-state index is -0.0149. The second kappa shape index (κ2) is 13.5. The molecule has 1 N–H and O–H groups in total. The number of carbonyl (C=O) groups excluding carboxylic acids is 2. The number of hydrogen-bond donors (Lipinski definition) is 1. The van der Waals surface area contributed by atoms with Gasteiger partial charge in [0.25, 0.3) is 5.91 Å². The van der Waals surface area contributed by atoms with Gasteiger partial charge in [0, 0.05) is 63.1 Å². The van der Waals surface area contributed by atoms with E-state index in [0.29, 0.717) is 24.2 Å². The minimum Gasteiger partial charge on any atom is -0.381 e. The first kappa shape index (κ1) is 27.1. The van der Waals surface area contributed by atoms with Crippen LogP contribution in [0.5, 0.6) is 0 Å². The van der Waals surface area contributed by atoms with Crippen molar-refractivity contribution in [3.63, 3.8) is 0 Å². The van der Waals surface area contributed by atoms with Crippen LogP contribution in [0.2, 0.25) is 0 Å². The summed E-state index contributed by atoms with van der Waals surface area (Å²) in [5, 5.41) is 3.20. The summed E-state index contributed by atoms with van der Waals surface area (Å²) < 4.78 is 5.64. The third kappa shape index (κ3) is 7.08. The van der Waals surface area contributed by atoms with Gasteiger partial charge in [0.2, 0.25) is 5.91 Å². The van der Waals surface area contributed by atoms with Crippen molar-refractivity contribution < 1.29 is 14.3 Å². The maximum atomic E-state index is 13.2. The molecule has 1 unspecified atom stereocenters. The van der Waals surface area contributed by atoms with E-state index in [9.17, 15) is 9.59 Å². The number of rotatable bonds is 5. The zero-order chi connectivity index (χ0) is 25.3. The van der Waals surface area contributed by atoms with E-state index in [-0.39, 0.29) is 11.8 Å². The van der Waals surface area contributed by atoms with Crippen LogP contribution in [0.4, 0.5) is 5.69 Å². The molecule has 1 atom stereocenters. The van der Waals surface area contributed by atoms with E-state index in [0.717, 1.165) is 89.3 Å². The standard InChI is InChI=1S/C29H46N4O3/c1-3-31-16-9-10-27(31)21-30-29(35)24-11-12-28-25(20-24)22-32(26-13-18-36-19-14-26)15-7-5-4-6-8-17-33(28)23(2)34/h11-12,20,26-27H,3-10,13-19,21-22H2,1-2H3,(H,30,35). The van der Waals surface area contributed by atoms with Crippen LogP contribution in [0, 0.1) is 0 Å². The molecule has 200 valence electrons. The average molecular weight is 499 g/mol. The van der Waals surface area contributed by atoms with Crippen LogP contribution in [0.1, 0.15) is 87.6 Å². The van der Waals surface area contributed by atoms with E-state index in [1.54, 1.807) is 6.92 Å². The first-order chi connectivity index (χ1) is 17.6. The quantitative estimate of drug-likeness (QED) is 0.659. The van der Waals surface area contributed by atoms with Crippen molar-refractivity contribution in [1.29, 1.82) is 0 Å². The fourth-order valence-electron chi connectivity index (χ4n) is 6.19. The topological polar surface area (TPSA) is 65.1 Å². The molecule has 3 aliphatic heterocycles. The Morgan fingerprint density at radius 1 is 0.972 bits per heavy atom. The largest absolute Gasteiger partial charge is 0.381 e. The van der Waals surface area contributed by atoms with E-state index in [1.165, 1.54) is 25.7 Å². The average Bonchev–Trinajstić information content (AvgIpc) is 3.35. The predicted octanol–water partition coefficient (Wildman–Crippen LogP) is 4.20. The highest BCUT2D eigenvalue weighted by Crippen LogP contribution is 2.28. The molecular weight excluding hydrogens is 452 g/mol. The Morgan fingerprint density at radius 2 is 1.72 bits per heavy atom. The van der Waals surface area contributed by atoms with E-state index < -0.39 is 0 Å². The molecule has 3 aliphatic rings. The third-order valence-corrected chi connectivity index (χ3v) is 8.32. The number of fused-ring (bicyclic) bond motifs is 1. The Bertz CT molecular complexity index is 870. The fourth-order valence-corrected chi connectivity index (χ4v) is 6.19. The first-order valence-corrected chi connectivity index (χ1v) is 14.3. The molecule has 0 radical (unpaired) electrons. The van der Waals surface area contributed by atoms with Gasteiger partial charge < -0.3 is 15.0 Å². The van der Waals surface area contributed by atoms with Gasteiger partial charge in [0.05, 0.1) is 0 Å². The molecule has 7 heteroatoms. The minimum absolute atomic E-state index is 0.0149. The van der Waals surface area contributed by atoms with Crippen molar-refractivity contribution in [3.8, 4) is 0 Å². The number of likely N-dealkylation sites (N-methyl/N-ethyl adjacent to an activating group) is 1. The van der Waals surface area contributed by atoms with Crippen molar-refractivity contribution in [2.75, 3.05) is 50.8 Å². The summed E-state index contributed by atoms with van der Waals surface area (Å²) in [4.78, 5) is 32.9. The van der Waals surface area contributed by atoms with E-state index >= 15 is 0 Å². The number of hydrogen-bond acceptors (Lipinski definition) is 5. The molecule has 0 aromatic heterocycles. The van der Waals surface area contributed by atoms with Crippen LogP contribution >= 0.6 is 0 Å². The zero-order valence-corrected chi connectivity index (χ0v) is 22.5. The third-order valence-electron chi connectivity index (χ3n) is 8.32. The highest BCUT2D eigenvalue weighted by molar-refractivity contribution is 5.97. The van der Waals surface area contributed by atoms with Crippen LogP contribution in [0.3, 0.4) is 0 Å². The van der Waals surface area contributed by atoms with Gasteiger partial charge in [-0.2, -0.15) is 0 Å². The molecule has 3 heterocycles. The number of nitrogens with one attached hydrogen (secondary N) is 1. The van der Waals surface area contributed by atoms with Crippen molar-refractivity contribution in [3.05, 3.63) is 29.3 Å². The molecule has 1 aromatic carbocycles. The van der Waals surface area contributed by atoms with Crippen LogP contribution in [-0.2, 0) is 16.1 Å². The van der Waals surface area contributed by atoms with Crippen LogP contribution in [0.25, 0.3) is 0 Å². The lowest BCUT2D eigenvalue weighted by Crippen LogP contribution is -2.41. The van der Waals surface area contributed by atoms with E-state index in [1.807, 2.05) is 23.1 Å². The number of anilines is 1. The number of ether oxygens (including phenoxy) is 1. The maximum Gasteiger partial charge on any atom is 0.251 e. The SMILES string of the molecule is CCN1CCCC1CNC(=O)c1ccc2c(c1)CN(C1CCOCC1)CCCCCCCN2C(C)=O. The van der Waals surface area contributed by atoms with Crippen LogP contribution < -0.4 is 10.2 Å². The second-order valence-corrected chi connectivity index (χ2v) is 10.7. The number of amides is 2. The summed E-state index contributed by atoms with van der Waals surface area (Å²) in [6, 6.07) is 6.88. The lowest BCUT2D eigenvalue weighted by Gasteiger charge is -2.36. The summed E-state index contributed by atoms with van der Waals surface area (Å²) in [5.41, 5.74) is 2.74. The Morgan fingerprint density at radius 3 is 2.47 bits per heavy atom. The molecule has 0 bridgehead atoms. The summed E-state index contributed by atoms with van der Waals surface area (Å²) >= 11 is 0. The molecule has 4 rings (SSSR count).